The maximum Gasteiger partial charge on any atom is 0.224 e. The lowest BCUT2D eigenvalue weighted by atomic mass is 10.0. The van der Waals surface area contributed by atoms with Crippen LogP contribution < -0.4 is 15.2 Å². The van der Waals surface area contributed by atoms with Crippen LogP contribution in [0.4, 0.5) is 0 Å². The first-order valence-electron chi connectivity index (χ1n) is 6.87. The molecule has 0 saturated carbocycles. The van der Waals surface area contributed by atoms with Crippen molar-refractivity contribution >= 4 is 5.91 Å². The van der Waals surface area contributed by atoms with Crippen LogP contribution in [-0.4, -0.2) is 37.6 Å². The Morgan fingerprint density at radius 1 is 1.35 bits per heavy atom. The number of benzene rings is 1. The van der Waals surface area contributed by atoms with Gasteiger partial charge in [0.25, 0.3) is 0 Å². The first-order valence-corrected chi connectivity index (χ1v) is 6.87. The highest BCUT2D eigenvalue weighted by Crippen LogP contribution is 2.34. The van der Waals surface area contributed by atoms with Gasteiger partial charge in [-0.3, -0.25) is 4.79 Å². The van der Waals surface area contributed by atoms with Gasteiger partial charge in [-0.2, -0.15) is 0 Å². The number of hydrogen-bond acceptors (Lipinski definition) is 4. The zero-order valence-electron chi connectivity index (χ0n) is 12.3. The molecule has 0 aromatic heterocycles. The molecule has 0 bridgehead atoms. The summed E-state index contributed by atoms with van der Waals surface area (Å²) < 4.78 is 10.6. The van der Waals surface area contributed by atoms with Gasteiger partial charge in [0.05, 0.1) is 20.3 Å². The predicted molar refractivity (Wildman–Crippen MR) is 76.9 cm³/mol. The van der Waals surface area contributed by atoms with Crippen molar-refractivity contribution in [3.63, 3.8) is 0 Å². The van der Waals surface area contributed by atoms with E-state index in [1.54, 1.807) is 14.2 Å². The Kier molecular flexibility index (Phi) is 4.49. The highest BCUT2D eigenvalue weighted by atomic mass is 16.5. The minimum Gasteiger partial charge on any atom is -0.493 e. The van der Waals surface area contributed by atoms with Crippen molar-refractivity contribution in [3.8, 4) is 11.5 Å². The predicted octanol–water partition coefficient (Wildman–Crippen LogP) is 1.71. The summed E-state index contributed by atoms with van der Waals surface area (Å²) in [4.78, 5) is 13.9. The van der Waals surface area contributed by atoms with Crippen molar-refractivity contribution in [2.24, 2.45) is 5.73 Å². The molecule has 2 N–H and O–H groups in total. The summed E-state index contributed by atoms with van der Waals surface area (Å²) in [7, 11) is 3.22. The van der Waals surface area contributed by atoms with Gasteiger partial charge in [0.1, 0.15) is 0 Å². The highest BCUT2D eigenvalue weighted by molar-refractivity contribution is 5.79. The molecule has 2 unspecified atom stereocenters. The van der Waals surface area contributed by atoms with Crippen LogP contribution in [0.2, 0.25) is 0 Å². The topological polar surface area (TPSA) is 64.8 Å². The Bertz CT molecular complexity index is 490. The number of nitrogens with zero attached hydrogens (tertiary/aromatic N) is 1. The zero-order chi connectivity index (χ0) is 14.7. The summed E-state index contributed by atoms with van der Waals surface area (Å²) in [5, 5.41) is 0. The number of hydrogen-bond donors (Lipinski definition) is 1. The molecule has 5 heteroatoms. The van der Waals surface area contributed by atoms with Crippen molar-refractivity contribution in [3.05, 3.63) is 23.8 Å². The number of likely N-dealkylation sites (tertiary alicyclic amines) is 1. The summed E-state index contributed by atoms with van der Waals surface area (Å²) in [6.45, 7) is 2.68. The third-order valence-corrected chi connectivity index (χ3v) is 3.74. The molecular weight excluding hydrogens is 256 g/mol. The minimum absolute atomic E-state index is 0.0378. The zero-order valence-corrected chi connectivity index (χ0v) is 12.3. The van der Waals surface area contributed by atoms with E-state index in [-0.39, 0.29) is 18.0 Å². The summed E-state index contributed by atoms with van der Waals surface area (Å²) in [6, 6.07) is 5.76. The average Bonchev–Trinajstić information content (AvgIpc) is 2.78. The minimum atomic E-state index is -0.0586. The first-order chi connectivity index (χ1) is 9.60. The van der Waals surface area contributed by atoms with E-state index in [0.29, 0.717) is 24.5 Å². The second-order valence-electron chi connectivity index (χ2n) is 5.05. The molecule has 2 atom stereocenters. The Morgan fingerprint density at radius 2 is 2.05 bits per heavy atom. The third-order valence-electron chi connectivity index (χ3n) is 3.74. The van der Waals surface area contributed by atoms with Gasteiger partial charge in [0.15, 0.2) is 11.5 Å². The number of ether oxygens (including phenoxy) is 2. The Labute approximate surface area is 119 Å². The summed E-state index contributed by atoms with van der Waals surface area (Å²) in [6.07, 6.45) is 1.28. The fourth-order valence-electron chi connectivity index (χ4n) is 2.76. The Balaban J connectivity index is 2.30. The van der Waals surface area contributed by atoms with E-state index in [9.17, 15) is 4.79 Å². The van der Waals surface area contributed by atoms with Crippen LogP contribution in [0.5, 0.6) is 11.5 Å². The molecule has 1 aromatic carbocycles. The maximum atomic E-state index is 12.0. The van der Waals surface area contributed by atoms with Crippen molar-refractivity contribution in [1.29, 1.82) is 0 Å². The number of nitrogens with two attached hydrogens (primary N) is 1. The van der Waals surface area contributed by atoms with E-state index in [0.717, 1.165) is 12.0 Å². The van der Waals surface area contributed by atoms with Gasteiger partial charge in [-0.05, 0) is 24.1 Å². The average molecular weight is 278 g/mol. The highest BCUT2D eigenvalue weighted by Gasteiger charge is 2.32. The molecule has 1 aliphatic rings. The number of carbonyl (C=O) groups is 1. The number of rotatable bonds is 5. The standard InChI is InChI=1S/C15H22N2O3/c1-4-12(17-9-11(16)8-15(17)18)10-5-6-13(19-2)14(7-10)20-3/h5-7,11-12H,4,8-9,16H2,1-3H3. The van der Waals surface area contributed by atoms with Gasteiger partial charge in [-0.15, -0.1) is 0 Å². The first kappa shape index (κ1) is 14.7. The van der Waals surface area contributed by atoms with Crippen molar-refractivity contribution in [2.75, 3.05) is 20.8 Å². The second kappa shape index (κ2) is 6.13. The van der Waals surface area contributed by atoms with Crippen LogP contribution in [0.25, 0.3) is 0 Å². The van der Waals surface area contributed by atoms with Gasteiger partial charge in [0, 0.05) is 19.0 Å². The smallest absolute Gasteiger partial charge is 0.224 e. The lowest BCUT2D eigenvalue weighted by molar-refractivity contribution is -0.129. The van der Waals surface area contributed by atoms with Crippen LogP contribution in [0, 0.1) is 0 Å². The Morgan fingerprint density at radius 3 is 2.55 bits per heavy atom. The molecule has 0 spiro atoms. The molecule has 1 aliphatic heterocycles. The fourth-order valence-corrected chi connectivity index (χ4v) is 2.76. The van der Waals surface area contributed by atoms with Crippen LogP contribution >= 0.6 is 0 Å². The van der Waals surface area contributed by atoms with Crippen molar-refractivity contribution in [2.45, 2.75) is 31.8 Å². The molecule has 1 aromatic rings. The largest absolute Gasteiger partial charge is 0.493 e. The van der Waals surface area contributed by atoms with Crippen molar-refractivity contribution in [1.82, 2.24) is 4.90 Å². The lowest BCUT2D eigenvalue weighted by Gasteiger charge is -2.28. The number of carbonyl (C=O) groups excluding carboxylic acids is 1. The van der Waals surface area contributed by atoms with Crippen LogP contribution in [-0.2, 0) is 4.79 Å². The molecule has 1 saturated heterocycles. The third kappa shape index (κ3) is 2.72. The van der Waals surface area contributed by atoms with Crippen LogP contribution in [0.15, 0.2) is 18.2 Å². The lowest BCUT2D eigenvalue weighted by Crippen LogP contribution is -2.32. The van der Waals surface area contributed by atoms with E-state index in [1.807, 2.05) is 23.1 Å². The summed E-state index contributed by atoms with van der Waals surface area (Å²) in [5.74, 6) is 1.49. The monoisotopic (exact) mass is 278 g/mol. The van der Waals surface area contributed by atoms with Gasteiger partial charge in [-0.25, -0.2) is 0 Å². The molecular formula is C15H22N2O3. The van der Waals surface area contributed by atoms with E-state index in [2.05, 4.69) is 6.92 Å². The second-order valence-corrected chi connectivity index (χ2v) is 5.05. The Hall–Kier alpha value is -1.75. The normalized spacial score (nSPS) is 20.1. The maximum absolute atomic E-state index is 12.0. The molecule has 20 heavy (non-hydrogen) atoms. The molecule has 0 radical (unpaired) electrons. The molecule has 1 fully saturated rings. The molecule has 1 amide bonds. The van der Waals surface area contributed by atoms with Gasteiger partial charge in [-0.1, -0.05) is 13.0 Å². The molecule has 2 rings (SSSR count). The quantitative estimate of drug-likeness (QED) is 0.890. The molecule has 110 valence electrons. The van der Waals surface area contributed by atoms with Crippen LogP contribution in [0.1, 0.15) is 31.4 Å². The van der Waals surface area contributed by atoms with E-state index in [4.69, 9.17) is 15.2 Å². The van der Waals surface area contributed by atoms with Gasteiger partial charge in [0.2, 0.25) is 5.91 Å². The SMILES string of the molecule is CCC(c1ccc(OC)c(OC)c1)N1CC(N)CC1=O. The van der Waals surface area contributed by atoms with Gasteiger partial charge >= 0.3 is 0 Å². The fraction of sp³-hybridized carbons (Fsp3) is 0.533. The van der Waals surface area contributed by atoms with Gasteiger partial charge < -0.3 is 20.1 Å². The van der Waals surface area contributed by atoms with E-state index < -0.39 is 0 Å². The van der Waals surface area contributed by atoms with E-state index >= 15 is 0 Å². The molecule has 0 aliphatic carbocycles. The number of methoxy groups -OCH3 is 2. The summed E-state index contributed by atoms with van der Waals surface area (Å²) >= 11 is 0. The summed E-state index contributed by atoms with van der Waals surface area (Å²) in [5.41, 5.74) is 6.93. The van der Waals surface area contributed by atoms with E-state index in [1.165, 1.54) is 0 Å². The van der Waals surface area contributed by atoms with Crippen LogP contribution in [0.3, 0.4) is 0 Å². The van der Waals surface area contributed by atoms with Crippen molar-refractivity contribution < 1.29 is 14.3 Å². The molecule has 5 nitrogen and oxygen atoms in total. The molecule has 1 heterocycles. The number of amides is 1.